The fourth-order valence-corrected chi connectivity index (χ4v) is 4.75. The van der Waals surface area contributed by atoms with Gasteiger partial charge < -0.3 is 15.0 Å². The molecule has 0 aliphatic rings. The van der Waals surface area contributed by atoms with Gasteiger partial charge in [-0.2, -0.15) is 5.10 Å². The van der Waals surface area contributed by atoms with Crippen molar-refractivity contribution in [1.82, 2.24) is 14.7 Å². The molecule has 2 aromatic carbocycles. The van der Waals surface area contributed by atoms with Gasteiger partial charge in [-0.15, -0.1) is 11.3 Å². The van der Waals surface area contributed by atoms with Gasteiger partial charge in [-0.05, 0) is 55.6 Å². The number of esters is 1. The molecule has 35 heavy (non-hydrogen) atoms. The van der Waals surface area contributed by atoms with Crippen LogP contribution in [0.1, 0.15) is 33.9 Å². The van der Waals surface area contributed by atoms with E-state index in [0.717, 1.165) is 23.3 Å². The molecule has 0 atom stereocenters. The van der Waals surface area contributed by atoms with Crippen molar-refractivity contribution >= 4 is 39.1 Å². The zero-order chi connectivity index (χ0) is 24.9. The van der Waals surface area contributed by atoms with E-state index in [9.17, 15) is 14.0 Å². The van der Waals surface area contributed by atoms with Crippen molar-refractivity contribution in [2.24, 2.45) is 7.05 Å². The number of nitrogens with one attached hydrogen (secondary N) is 1. The summed E-state index contributed by atoms with van der Waals surface area (Å²) >= 11 is 1.28. The van der Waals surface area contributed by atoms with Crippen LogP contribution in [0.3, 0.4) is 0 Å². The molecule has 1 N–H and O–H groups in total. The topological polar surface area (TPSA) is 76.5 Å². The van der Waals surface area contributed by atoms with Crippen molar-refractivity contribution in [3.05, 3.63) is 70.9 Å². The van der Waals surface area contributed by atoms with Gasteiger partial charge in [0.15, 0.2) is 0 Å². The van der Waals surface area contributed by atoms with Crippen molar-refractivity contribution in [3.8, 4) is 11.3 Å². The van der Waals surface area contributed by atoms with Crippen LogP contribution in [-0.2, 0) is 11.8 Å². The van der Waals surface area contributed by atoms with Gasteiger partial charge in [0.05, 0.1) is 10.4 Å². The average molecular weight is 495 g/mol. The lowest BCUT2D eigenvalue weighted by Gasteiger charge is -2.17. The molecule has 0 radical (unpaired) electrons. The number of hydrogen-bond donors (Lipinski definition) is 1. The third-order valence-electron chi connectivity index (χ3n) is 5.78. The Labute approximate surface area is 207 Å². The zero-order valence-electron chi connectivity index (χ0n) is 19.9. The van der Waals surface area contributed by atoms with E-state index < -0.39 is 5.97 Å². The van der Waals surface area contributed by atoms with Gasteiger partial charge in [-0.1, -0.05) is 26.0 Å². The van der Waals surface area contributed by atoms with Gasteiger partial charge >= 0.3 is 5.97 Å². The molecule has 0 fully saturated rings. The van der Waals surface area contributed by atoms with Crippen LogP contribution in [-0.4, -0.2) is 52.8 Å². The van der Waals surface area contributed by atoms with Crippen LogP contribution in [0.15, 0.2) is 54.6 Å². The number of likely N-dealkylation sites (N-methyl/N-ethyl adjacent to an activating group) is 1. The number of rotatable bonds is 9. The summed E-state index contributed by atoms with van der Waals surface area (Å²) in [6.07, 6.45) is 0. The van der Waals surface area contributed by atoms with Crippen molar-refractivity contribution < 1.29 is 18.7 Å². The number of hydrogen-bond acceptors (Lipinski definition) is 6. The van der Waals surface area contributed by atoms with Gasteiger partial charge in [-0.3, -0.25) is 9.48 Å². The Balaban J connectivity index is 1.43. The van der Waals surface area contributed by atoms with Gasteiger partial charge in [0.25, 0.3) is 5.91 Å². The van der Waals surface area contributed by atoms with Crippen LogP contribution in [0.25, 0.3) is 21.5 Å². The number of carbonyl (C=O) groups is 2. The molecular formula is C26H27FN4O3S. The molecule has 0 bridgehead atoms. The number of fused-ring (bicyclic) bond motifs is 1. The molecule has 0 unspecified atom stereocenters. The smallest absolute Gasteiger partial charge is 0.338 e. The highest BCUT2D eigenvalue weighted by Crippen LogP contribution is 2.35. The number of aromatic nitrogens is 2. The third kappa shape index (κ3) is 5.41. The Kier molecular flexibility index (Phi) is 7.57. The number of anilines is 1. The predicted molar refractivity (Wildman–Crippen MR) is 136 cm³/mol. The van der Waals surface area contributed by atoms with Crippen LogP contribution in [0, 0.1) is 5.82 Å². The van der Waals surface area contributed by atoms with Crippen LogP contribution in [0.2, 0.25) is 0 Å². The van der Waals surface area contributed by atoms with Crippen molar-refractivity contribution in [1.29, 1.82) is 0 Å². The molecule has 7 nitrogen and oxygen atoms in total. The summed E-state index contributed by atoms with van der Waals surface area (Å²) < 4.78 is 21.3. The number of aryl methyl sites for hydroxylation is 1. The lowest BCUT2D eigenvalue weighted by Crippen LogP contribution is -2.27. The number of halogens is 1. The minimum atomic E-state index is -0.396. The Morgan fingerprint density at radius 2 is 1.83 bits per heavy atom. The normalized spacial score (nSPS) is 11.2. The molecular weight excluding hydrogens is 467 g/mol. The Hall–Kier alpha value is -3.56. The van der Waals surface area contributed by atoms with Gasteiger partial charge in [0.1, 0.15) is 22.9 Å². The number of ether oxygens (including phenoxy) is 1. The summed E-state index contributed by atoms with van der Waals surface area (Å²) in [7, 11) is 1.77. The van der Waals surface area contributed by atoms with E-state index in [1.54, 1.807) is 60.3 Å². The molecule has 0 saturated carbocycles. The molecule has 0 aliphatic heterocycles. The van der Waals surface area contributed by atoms with Crippen molar-refractivity contribution in [2.45, 2.75) is 13.8 Å². The van der Waals surface area contributed by atoms with Gasteiger partial charge in [-0.25, -0.2) is 9.18 Å². The lowest BCUT2D eigenvalue weighted by atomic mass is 10.1. The quantitative estimate of drug-likeness (QED) is 0.324. The summed E-state index contributed by atoms with van der Waals surface area (Å²) in [6, 6.07) is 14.8. The van der Waals surface area contributed by atoms with Crippen LogP contribution < -0.4 is 5.32 Å². The number of thiophene rings is 1. The first-order valence-corrected chi connectivity index (χ1v) is 12.2. The number of amides is 1. The molecule has 2 aromatic heterocycles. The Morgan fingerprint density at radius 1 is 1.11 bits per heavy atom. The van der Waals surface area contributed by atoms with Crippen molar-refractivity contribution in [2.75, 3.05) is 31.6 Å². The summed E-state index contributed by atoms with van der Waals surface area (Å²) in [4.78, 5) is 28.6. The first-order chi connectivity index (χ1) is 16.9. The maximum absolute atomic E-state index is 14.3. The summed E-state index contributed by atoms with van der Waals surface area (Å²) in [6.45, 7) is 6.96. The van der Waals surface area contributed by atoms with Crippen molar-refractivity contribution in [3.63, 3.8) is 0 Å². The molecule has 0 spiro atoms. The first-order valence-electron chi connectivity index (χ1n) is 11.4. The minimum absolute atomic E-state index is 0.291. The molecule has 2 heterocycles. The van der Waals surface area contributed by atoms with E-state index >= 15 is 0 Å². The molecule has 0 aliphatic carbocycles. The van der Waals surface area contributed by atoms with Gasteiger partial charge in [0.2, 0.25) is 0 Å². The highest BCUT2D eigenvalue weighted by Gasteiger charge is 2.20. The Morgan fingerprint density at radius 3 is 2.51 bits per heavy atom. The predicted octanol–water partition coefficient (Wildman–Crippen LogP) is 5.19. The standard InChI is InChI=1S/C26H27FN4O3S/c1-4-31(5-2)14-15-34-26(33)17-10-12-18(13-11-17)28-24(32)22-16-20-23(29-30(3)25(20)35-22)19-8-6-7-9-21(19)27/h6-13,16H,4-5,14-15H2,1-3H3,(H,28,32). The maximum Gasteiger partial charge on any atom is 0.338 e. The fraction of sp³-hybridized carbons (Fsp3) is 0.269. The average Bonchev–Trinajstić information content (AvgIpc) is 3.43. The van der Waals surface area contributed by atoms with Gasteiger partial charge in [0, 0.05) is 30.2 Å². The van der Waals surface area contributed by atoms with E-state index in [1.807, 2.05) is 0 Å². The summed E-state index contributed by atoms with van der Waals surface area (Å²) in [5, 5.41) is 8.01. The Bertz CT molecular complexity index is 1340. The molecule has 4 rings (SSSR count). The lowest BCUT2D eigenvalue weighted by molar-refractivity contribution is 0.0466. The second kappa shape index (κ2) is 10.8. The molecule has 4 aromatic rings. The molecule has 9 heteroatoms. The number of nitrogens with zero attached hydrogens (tertiary/aromatic N) is 3. The summed E-state index contributed by atoms with van der Waals surface area (Å²) in [5.74, 6) is -1.05. The van der Waals surface area contributed by atoms with Crippen LogP contribution >= 0.6 is 11.3 Å². The second-order valence-corrected chi connectivity index (χ2v) is 9.01. The summed E-state index contributed by atoms with van der Waals surface area (Å²) in [5.41, 5.74) is 1.87. The SMILES string of the molecule is CCN(CC)CCOC(=O)c1ccc(NC(=O)c2cc3c(-c4ccccc4F)nn(C)c3s2)cc1. The molecule has 1 amide bonds. The highest BCUT2D eigenvalue weighted by molar-refractivity contribution is 7.20. The van der Waals surface area contributed by atoms with E-state index in [0.29, 0.717) is 40.5 Å². The van der Waals surface area contributed by atoms with E-state index in [4.69, 9.17) is 4.74 Å². The van der Waals surface area contributed by atoms with Crippen LogP contribution in [0.5, 0.6) is 0 Å². The second-order valence-electron chi connectivity index (χ2n) is 7.98. The van der Waals surface area contributed by atoms with E-state index in [2.05, 4.69) is 29.2 Å². The van der Waals surface area contributed by atoms with E-state index in [1.165, 1.54) is 17.4 Å². The highest BCUT2D eigenvalue weighted by atomic mass is 32.1. The zero-order valence-corrected chi connectivity index (χ0v) is 20.7. The fourth-order valence-electron chi connectivity index (χ4n) is 3.78. The number of benzene rings is 2. The van der Waals surface area contributed by atoms with Crippen LogP contribution in [0.4, 0.5) is 10.1 Å². The third-order valence-corrected chi connectivity index (χ3v) is 6.98. The first kappa shape index (κ1) is 24.6. The molecule has 0 saturated heterocycles. The maximum atomic E-state index is 14.3. The largest absolute Gasteiger partial charge is 0.461 e. The number of carbonyl (C=O) groups excluding carboxylic acids is 2. The minimum Gasteiger partial charge on any atom is -0.461 e. The molecule has 182 valence electrons. The monoisotopic (exact) mass is 494 g/mol. The van der Waals surface area contributed by atoms with E-state index in [-0.39, 0.29) is 11.7 Å².